The molecule has 0 saturated heterocycles. The first-order chi connectivity index (χ1) is 9.83. The van der Waals surface area contributed by atoms with Gasteiger partial charge in [-0.2, -0.15) is 9.78 Å². The van der Waals surface area contributed by atoms with Crippen molar-refractivity contribution >= 4 is 11.3 Å². The van der Waals surface area contributed by atoms with Gasteiger partial charge in [0, 0.05) is 36.1 Å². The van der Waals surface area contributed by atoms with E-state index >= 15 is 0 Å². The van der Waals surface area contributed by atoms with E-state index in [2.05, 4.69) is 20.7 Å². The van der Waals surface area contributed by atoms with Crippen LogP contribution in [0.25, 0.3) is 5.00 Å². The lowest BCUT2D eigenvalue weighted by molar-refractivity contribution is 0.645. The first kappa shape index (κ1) is 12.8. The number of thiophene rings is 1. The monoisotopic (exact) mass is 286 g/mol. The molecule has 102 valence electrons. The second kappa shape index (κ2) is 5.83. The van der Waals surface area contributed by atoms with Gasteiger partial charge in [-0.05, 0) is 31.0 Å². The molecule has 0 saturated carbocycles. The Morgan fingerprint density at radius 3 is 2.95 bits per heavy atom. The number of rotatable bonds is 5. The minimum Gasteiger partial charge on any atom is -0.337 e. The van der Waals surface area contributed by atoms with Gasteiger partial charge >= 0.3 is 0 Å². The van der Waals surface area contributed by atoms with Gasteiger partial charge in [0.25, 0.3) is 5.56 Å². The summed E-state index contributed by atoms with van der Waals surface area (Å²) < 4.78 is 3.50. The highest BCUT2D eigenvalue weighted by Crippen LogP contribution is 2.20. The third-order valence-electron chi connectivity index (χ3n) is 2.97. The Kier molecular flexibility index (Phi) is 3.73. The number of hydrogen-bond acceptors (Lipinski definition) is 4. The van der Waals surface area contributed by atoms with Crippen LogP contribution in [-0.2, 0) is 13.0 Å². The first-order valence-electron chi connectivity index (χ1n) is 6.42. The summed E-state index contributed by atoms with van der Waals surface area (Å²) in [6, 6.07) is 7.19. The molecule has 0 aromatic carbocycles. The van der Waals surface area contributed by atoms with Gasteiger partial charge in [-0.1, -0.05) is 0 Å². The summed E-state index contributed by atoms with van der Waals surface area (Å²) in [6.07, 6.45) is 9.25. The number of imidazole rings is 1. The zero-order valence-electron chi connectivity index (χ0n) is 10.8. The molecule has 0 aliphatic heterocycles. The summed E-state index contributed by atoms with van der Waals surface area (Å²) in [7, 11) is 0. The highest BCUT2D eigenvalue weighted by molar-refractivity contribution is 7.14. The van der Waals surface area contributed by atoms with Gasteiger partial charge in [0.15, 0.2) is 0 Å². The fraction of sp³-hybridized carbons (Fsp3) is 0.214. The number of aromatic nitrogens is 4. The van der Waals surface area contributed by atoms with Crippen LogP contribution < -0.4 is 5.56 Å². The van der Waals surface area contributed by atoms with Crippen molar-refractivity contribution in [2.24, 2.45) is 0 Å². The van der Waals surface area contributed by atoms with Gasteiger partial charge in [-0.3, -0.25) is 4.79 Å². The molecule has 0 aliphatic carbocycles. The van der Waals surface area contributed by atoms with E-state index in [1.54, 1.807) is 29.8 Å². The average molecular weight is 286 g/mol. The van der Waals surface area contributed by atoms with Crippen molar-refractivity contribution in [3.8, 4) is 5.00 Å². The molecule has 0 N–H and O–H groups in total. The molecule has 0 amide bonds. The zero-order chi connectivity index (χ0) is 13.8. The summed E-state index contributed by atoms with van der Waals surface area (Å²) in [5, 5.41) is 4.95. The van der Waals surface area contributed by atoms with Crippen LogP contribution in [0.2, 0.25) is 0 Å². The minimum atomic E-state index is -0.0979. The van der Waals surface area contributed by atoms with Crippen LogP contribution in [0.15, 0.2) is 54.0 Å². The summed E-state index contributed by atoms with van der Waals surface area (Å²) in [5.74, 6) is 0. The van der Waals surface area contributed by atoms with Crippen LogP contribution >= 0.6 is 11.3 Å². The van der Waals surface area contributed by atoms with E-state index in [1.807, 2.05) is 18.6 Å². The van der Waals surface area contributed by atoms with Gasteiger partial charge < -0.3 is 4.57 Å². The summed E-state index contributed by atoms with van der Waals surface area (Å²) >= 11 is 1.61. The third-order valence-corrected chi connectivity index (χ3v) is 4.09. The Hall–Kier alpha value is -2.21. The molecule has 0 radical (unpaired) electrons. The molecule has 0 aliphatic rings. The molecule has 0 bridgehead atoms. The number of aryl methyl sites for hydroxylation is 2. The minimum absolute atomic E-state index is 0.0979. The maximum absolute atomic E-state index is 11.7. The summed E-state index contributed by atoms with van der Waals surface area (Å²) in [4.78, 5) is 17.0. The summed E-state index contributed by atoms with van der Waals surface area (Å²) in [5.41, 5.74) is -0.0979. The van der Waals surface area contributed by atoms with Crippen LogP contribution in [0.4, 0.5) is 0 Å². The van der Waals surface area contributed by atoms with E-state index in [-0.39, 0.29) is 5.56 Å². The molecule has 3 heterocycles. The predicted octanol–water partition coefficient (Wildman–Crippen LogP) is 2.12. The maximum atomic E-state index is 11.7. The molecular weight excluding hydrogens is 272 g/mol. The van der Waals surface area contributed by atoms with E-state index in [0.717, 1.165) is 24.4 Å². The topological polar surface area (TPSA) is 52.7 Å². The van der Waals surface area contributed by atoms with Crippen LogP contribution in [0.3, 0.4) is 0 Å². The lowest BCUT2D eigenvalue weighted by Gasteiger charge is -2.00. The van der Waals surface area contributed by atoms with Crippen LogP contribution in [-0.4, -0.2) is 19.3 Å². The highest BCUT2D eigenvalue weighted by Gasteiger charge is 2.04. The van der Waals surface area contributed by atoms with Crippen molar-refractivity contribution in [1.29, 1.82) is 0 Å². The van der Waals surface area contributed by atoms with Crippen molar-refractivity contribution in [3.63, 3.8) is 0 Å². The average Bonchev–Trinajstić information content (AvgIpc) is 3.11. The van der Waals surface area contributed by atoms with E-state index in [0.29, 0.717) is 0 Å². The van der Waals surface area contributed by atoms with Gasteiger partial charge in [-0.25, -0.2) is 4.98 Å². The fourth-order valence-corrected chi connectivity index (χ4v) is 3.00. The normalized spacial score (nSPS) is 10.8. The number of nitrogens with zero attached hydrogens (tertiary/aromatic N) is 4. The van der Waals surface area contributed by atoms with Gasteiger partial charge in [0.2, 0.25) is 0 Å². The Morgan fingerprint density at radius 2 is 2.15 bits per heavy atom. The Balaban J connectivity index is 1.65. The molecule has 5 nitrogen and oxygen atoms in total. The Morgan fingerprint density at radius 1 is 1.20 bits per heavy atom. The molecule has 6 heteroatoms. The van der Waals surface area contributed by atoms with E-state index < -0.39 is 0 Å². The van der Waals surface area contributed by atoms with Gasteiger partial charge in [0.05, 0.1) is 6.33 Å². The van der Waals surface area contributed by atoms with Crippen molar-refractivity contribution in [1.82, 2.24) is 19.3 Å². The molecule has 3 aromatic rings. The molecular formula is C14H14N4OS. The second-order valence-corrected chi connectivity index (χ2v) is 5.56. The molecule has 0 fully saturated rings. The zero-order valence-corrected chi connectivity index (χ0v) is 11.7. The second-order valence-electron chi connectivity index (χ2n) is 4.42. The molecule has 3 aromatic heterocycles. The lowest BCUT2D eigenvalue weighted by Crippen LogP contribution is -2.17. The quantitative estimate of drug-likeness (QED) is 0.722. The molecule has 0 unspecified atom stereocenters. The van der Waals surface area contributed by atoms with Gasteiger partial charge in [-0.15, -0.1) is 11.3 Å². The molecule has 0 atom stereocenters. The largest absolute Gasteiger partial charge is 0.337 e. The van der Waals surface area contributed by atoms with E-state index in [1.165, 1.54) is 15.6 Å². The smallest absolute Gasteiger partial charge is 0.272 e. The first-order valence-corrected chi connectivity index (χ1v) is 7.24. The number of hydrogen-bond donors (Lipinski definition) is 0. The van der Waals surface area contributed by atoms with Crippen LogP contribution in [0.1, 0.15) is 11.3 Å². The Bertz CT molecular complexity index is 729. The lowest BCUT2D eigenvalue weighted by atomic mass is 10.2. The molecule has 3 rings (SSSR count). The van der Waals surface area contributed by atoms with E-state index in [9.17, 15) is 4.79 Å². The standard InChI is InChI=1S/C14H14N4OS/c19-13-4-1-7-16-18(13)14-6-5-12(20-14)3-2-9-17-10-8-15-11-17/h1,4-8,10-11H,2-3,9H2. The molecule has 0 spiro atoms. The predicted molar refractivity (Wildman–Crippen MR) is 78.3 cm³/mol. The Labute approximate surface area is 120 Å². The third kappa shape index (κ3) is 2.85. The van der Waals surface area contributed by atoms with Crippen molar-refractivity contribution < 1.29 is 0 Å². The van der Waals surface area contributed by atoms with Gasteiger partial charge in [0.1, 0.15) is 5.00 Å². The van der Waals surface area contributed by atoms with Crippen molar-refractivity contribution in [3.05, 3.63) is 64.4 Å². The fourth-order valence-electron chi connectivity index (χ4n) is 1.99. The summed E-state index contributed by atoms with van der Waals surface area (Å²) in [6.45, 7) is 0.955. The van der Waals surface area contributed by atoms with E-state index in [4.69, 9.17) is 0 Å². The van der Waals surface area contributed by atoms with Crippen molar-refractivity contribution in [2.75, 3.05) is 0 Å². The SMILES string of the molecule is O=c1cccnn1-c1ccc(CCCn2ccnc2)s1. The molecule has 20 heavy (non-hydrogen) atoms. The van der Waals surface area contributed by atoms with Crippen LogP contribution in [0, 0.1) is 0 Å². The van der Waals surface area contributed by atoms with Crippen LogP contribution in [0.5, 0.6) is 0 Å². The highest BCUT2D eigenvalue weighted by atomic mass is 32.1. The van der Waals surface area contributed by atoms with Crippen molar-refractivity contribution in [2.45, 2.75) is 19.4 Å². The maximum Gasteiger partial charge on any atom is 0.272 e.